The fraction of sp³-hybridized carbons (Fsp3) is 0.391. The van der Waals surface area contributed by atoms with E-state index in [2.05, 4.69) is 42.0 Å². The Bertz CT molecular complexity index is 918. The van der Waals surface area contributed by atoms with Crippen molar-refractivity contribution in [3.63, 3.8) is 0 Å². The van der Waals surface area contributed by atoms with Gasteiger partial charge in [-0.25, -0.2) is 0 Å². The first-order valence-electron chi connectivity index (χ1n) is 9.94. The summed E-state index contributed by atoms with van der Waals surface area (Å²) < 4.78 is 11.8. The third kappa shape index (κ3) is 5.61. The Morgan fingerprint density at radius 3 is 2.50 bits per heavy atom. The number of nitrogens with one attached hydrogen (secondary N) is 1. The van der Waals surface area contributed by atoms with Gasteiger partial charge in [0, 0.05) is 13.1 Å². The Morgan fingerprint density at radius 2 is 1.83 bits per heavy atom. The van der Waals surface area contributed by atoms with Crippen LogP contribution in [0.1, 0.15) is 36.7 Å². The zero-order valence-corrected chi connectivity index (χ0v) is 19.1. The van der Waals surface area contributed by atoms with E-state index in [1.807, 2.05) is 18.2 Å². The molecule has 0 aromatic heterocycles. The zero-order valence-electron chi connectivity index (χ0n) is 17.5. The van der Waals surface area contributed by atoms with Gasteiger partial charge in [-0.05, 0) is 51.2 Å². The number of para-hydroxylation sites is 1. The van der Waals surface area contributed by atoms with Gasteiger partial charge in [0.2, 0.25) is 0 Å². The lowest BCUT2D eigenvalue weighted by Crippen LogP contribution is -2.41. The van der Waals surface area contributed by atoms with E-state index >= 15 is 0 Å². The average Bonchev–Trinajstić information content (AvgIpc) is 2.72. The number of nitrogens with zero attached hydrogens (tertiary/aromatic N) is 1. The monoisotopic (exact) mass is 474 g/mol. The molecule has 0 unspecified atom stereocenters. The Hall–Kier alpha value is -2.38. The number of amides is 2. The molecule has 1 aliphatic heterocycles. The van der Waals surface area contributed by atoms with Crippen LogP contribution in [0.25, 0.3) is 0 Å². The predicted molar refractivity (Wildman–Crippen MR) is 120 cm³/mol. The highest BCUT2D eigenvalue weighted by Gasteiger charge is 2.22. The van der Waals surface area contributed by atoms with Gasteiger partial charge in [0.25, 0.3) is 11.8 Å². The lowest BCUT2D eigenvalue weighted by atomic mass is 9.87. The zero-order chi connectivity index (χ0) is 21.7. The standard InChI is InChI=1S/C23H27BrN2O4/c1-23(2,3)16-8-9-20(18(24)14-16)30-15-21(27)25-19-7-5-4-6-17(19)22(28)26-10-12-29-13-11-26/h4-9,14H,10-13,15H2,1-3H3,(H,25,27). The number of ether oxygens (including phenoxy) is 2. The van der Waals surface area contributed by atoms with E-state index in [9.17, 15) is 9.59 Å². The average molecular weight is 475 g/mol. The molecule has 0 aliphatic carbocycles. The normalized spacial score (nSPS) is 14.3. The number of halogens is 1. The Morgan fingerprint density at radius 1 is 1.13 bits per heavy atom. The van der Waals surface area contributed by atoms with Crippen molar-refractivity contribution in [3.8, 4) is 5.75 Å². The van der Waals surface area contributed by atoms with E-state index < -0.39 is 0 Å². The molecule has 1 heterocycles. The van der Waals surface area contributed by atoms with Crippen molar-refractivity contribution < 1.29 is 19.1 Å². The van der Waals surface area contributed by atoms with Gasteiger partial charge in [-0.3, -0.25) is 9.59 Å². The van der Waals surface area contributed by atoms with E-state index in [0.29, 0.717) is 43.3 Å². The van der Waals surface area contributed by atoms with E-state index in [1.165, 1.54) is 5.56 Å². The van der Waals surface area contributed by atoms with Crippen LogP contribution in [0.5, 0.6) is 5.75 Å². The molecule has 6 nitrogen and oxygen atoms in total. The highest BCUT2D eigenvalue weighted by Crippen LogP contribution is 2.31. The number of hydrogen-bond acceptors (Lipinski definition) is 4. The molecule has 2 aromatic rings. The molecule has 0 bridgehead atoms. The van der Waals surface area contributed by atoms with Crippen LogP contribution in [0.2, 0.25) is 0 Å². The van der Waals surface area contributed by atoms with Crippen LogP contribution in [-0.2, 0) is 14.9 Å². The highest BCUT2D eigenvalue weighted by molar-refractivity contribution is 9.10. The summed E-state index contributed by atoms with van der Waals surface area (Å²) in [5.41, 5.74) is 2.13. The number of morpholine rings is 1. The molecular formula is C23H27BrN2O4. The van der Waals surface area contributed by atoms with Crippen molar-refractivity contribution in [1.82, 2.24) is 4.90 Å². The molecule has 2 aromatic carbocycles. The molecule has 3 rings (SSSR count). The summed E-state index contributed by atoms with van der Waals surface area (Å²) in [5, 5.41) is 2.80. The summed E-state index contributed by atoms with van der Waals surface area (Å²) in [5.74, 6) is 0.149. The molecule has 1 aliphatic rings. The quantitative estimate of drug-likeness (QED) is 0.703. The molecule has 30 heavy (non-hydrogen) atoms. The van der Waals surface area contributed by atoms with Crippen LogP contribution >= 0.6 is 15.9 Å². The maximum absolute atomic E-state index is 12.8. The lowest BCUT2D eigenvalue weighted by Gasteiger charge is -2.27. The van der Waals surface area contributed by atoms with Crippen LogP contribution < -0.4 is 10.1 Å². The molecule has 2 amide bonds. The van der Waals surface area contributed by atoms with Gasteiger partial charge in [-0.1, -0.05) is 39.0 Å². The van der Waals surface area contributed by atoms with Crippen molar-refractivity contribution in [1.29, 1.82) is 0 Å². The van der Waals surface area contributed by atoms with Crippen LogP contribution in [-0.4, -0.2) is 49.6 Å². The van der Waals surface area contributed by atoms with Gasteiger partial charge in [0.15, 0.2) is 6.61 Å². The molecule has 160 valence electrons. The van der Waals surface area contributed by atoms with Crippen molar-refractivity contribution in [3.05, 3.63) is 58.1 Å². The first-order chi connectivity index (χ1) is 14.3. The Balaban J connectivity index is 1.64. The molecule has 0 radical (unpaired) electrons. The van der Waals surface area contributed by atoms with Gasteiger partial charge in [0.1, 0.15) is 5.75 Å². The number of rotatable bonds is 5. The predicted octanol–water partition coefficient (Wildman–Crippen LogP) is 4.24. The smallest absolute Gasteiger partial charge is 0.262 e. The van der Waals surface area contributed by atoms with Crippen molar-refractivity contribution in [2.45, 2.75) is 26.2 Å². The highest BCUT2D eigenvalue weighted by atomic mass is 79.9. The minimum absolute atomic E-state index is 0.0230. The van der Waals surface area contributed by atoms with Crippen molar-refractivity contribution >= 4 is 33.4 Å². The SMILES string of the molecule is CC(C)(C)c1ccc(OCC(=O)Nc2ccccc2C(=O)N2CCOCC2)c(Br)c1. The number of anilines is 1. The maximum atomic E-state index is 12.8. The van der Waals surface area contributed by atoms with E-state index in [4.69, 9.17) is 9.47 Å². The van der Waals surface area contributed by atoms with Gasteiger partial charge < -0.3 is 19.7 Å². The van der Waals surface area contributed by atoms with Crippen LogP contribution in [0.4, 0.5) is 5.69 Å². The largest absolute Gasteiger partial charge is 0.483 e. The molecule has 1 saturated heterocycles. The molecule has 0 saturated carbocycles. The summed E-state index contributed by atoms with van der Waals surface area (Å²) in [6.07, 6.45) is 0. The van der Waals surface area contributed by atoms with Gasteiger partial charge in [-0.15, -0.1) is 0 Å². The minimum Gasteiger partial charge on any atom is -0.483 e. The first kappa shape index (κ1) is 22.3. The summed E-state index contributed by atoms with van der Waals surface area (Å²) in [6, 6.07) is 12.9. The molecular weight excluding hydrogens is 448 g/mol. The summed E-state index contributed by atoms with van der Waals surface area (Å²) in [6.45, 7) is 8.39. The van der Waals surface area contributed by atoms with Crippen molar-refractivity contribution in [2.24, 2.45) is 0 Å². The molecule has 0 atom stereocenters. The number of hydrogen-bond donors (Lipinski definition) is 1. The summed E-state index contributed by atoms with van der Waals surface area (Å²) in [4.78, 5) is 27.0. The molecule has 7 heteroatoms. The number of carbonyl (C=O) groups is 2. The maximum Gasteiger partial charge on any atom is 0.262 e. The molecule has 0 spiro atoms. The van der Waals surface area contributed by atoms with Crippen LogP contribution in [0.3, 0.4) is 0 Å². The molecule has 1 N–H and O–H groups in total. The fourth-order valence-electron chi connectivity index (χ4n) is 3.13. The minimum atomic E-state index is -0.330. The van der Waals surface area contributed by atoms with Crippen LogP contribution in [0, 0.1) is 0 Å². The topological polar surface area (TPSA) is 67.9 Å². The van der Waals surface area contributed by atoms with Crippen LogP contribution in [0.15, 0.2) is 46.9 Å². The summed E-state index contributed by atoms with van der Waals surface area (Å²) >= 11 is 3.51. The van der Waals surface area contributed by atoms with E-state index in [0.717, 1.165) is 4.47 Å². The van der Waals surface area contributed by atoms with Crippen molar-refractivity contribution in [2.75, 3.05) is 38.2 Å². The van der Waals surface area contributed by atoms with Gasteiger partial charge in [-0.2, -0.15) is 0 Å². The van der Waals surface area contributed by atoms with E-state index in [1.54, 1.807) is 29.2 Å². The second kappa shape index (κ2) is 9.62. The fourth-order valence-corrected chi connectivity index (χ4v) is 3.62. The van der Waals surface area contributed by atoms with E-state index in [-0.39, 0.29) is 23.8 Å². The van der Waals surface area contributed by atoms with Gasteiger partial charge >= 0.3 is 0 Å². The molecule has 1 fully saturated rings. The Labute approximate surface area is 185 Å². The third-order valence-electron chi connectivity index (χ3n) is 4.89. The number of benzene rings is 2. The first-order valence-corrected chi connectivity index (χ1v) is 10.7. The third-order valence-corrected chi connectivity index (χ3v) is 5.51. The number of carbonyl (C=O) groups excluding carboxylic acids is 2. The Kier molecular flexibility index (Phi) is 7.15. The van der Waals surface area contributed by atoms with Gasteiger partial charge in [0.05, 0.1) is 28.9 Å². The summed E-state index contributed by atoms with van der Waals surface area (Å²) in [7, 11) is 0. The second-order valence-electron chi connectivity index (χ2n) is 8.18. The lowest BCUT2D eigenvalue weighted by molar-refractivity contribution is -0.118. The second-order valence-corrected chi connectivity index (χ2v) is 9.04.